The molecule has 1 rings (SSSR count). The summed E-state index contributed by atoms with van der Waals surface area (Å²) in [5.74, 6) is -0.0901. The van der Waals surface area contributed by atoms with Crippen LogP contribution in [0.3, 0.4) is 0 Å². The molecule has 0 heterocycles. The standard InChI is InChI=1S/C14H20ClN3O3.ClH/c1-9(2)12(16)6-7-17(3)14(19)11-5-4-10(15)8-13(11)18(20)21;/h4-5,8-9,12H,6-7,16H2,1-3H3;1H. The van der Waals surface area contributed by atoms with E-state index in [1.807, 2.05) is 13.8 Å². The number of nitro benzene ring substituents is 1. The van der Waals surface area contributed by atoms with Crippen molar-refractivity contribution in [1.82, 2.24) is 4.90 Å². The Bertz CT molecular complexity index is 538. The summed E-state index contributed by atoms with van der Waals surface area (Å²) in [5, 5.41) is 11.2. The van der Waals surface area contributed by atoms with Crippen LogP contribution < -0.4 is 5.73 Å². The molecule has 1 aromatic carbocycles. The third-order valence-electron chi connectivity index (χ3n) is 3.39. The van der Waals surface area contributed by atoms with E-state index >= 15 is 0 Å². The molecule has 8 heteroatoms. The van der Waals surface area contributed by atoms with Crippen molar-refractivity contribution in [2.24, 2.45) is 11.7 Å². The third kappa shape index (κ3) is 5.44. The van der Waals surface area contributed by atoms with E-state index in [-0.39, 0.29) is 34.7 Å². The van der Waals surface area contributed by atoms with E-state index in [1.165, 1.54) is 23.1 Å². The van der Waals surface area contributed by atoms with Crippen molar-refractivity contribution in [3.8, 4) is 0 Å². The highest BCUT2D eigenvalue weighted by Gasteiger charge is 2.23. The summed E-state index contributed by atoms with van der Waals surface area (Å²) in [4.78, 5) is 24.2. The van der Waals surface area contributed by atoms with E-state index in [9.17, 15) is 14.9 Å². The van der Waals surface area contributed by atoms with Gasteiger partial charge in [-0.1, -0.05) is 25.4 Å². The number of carbonyl (C=O) groups is 1. The van der Waals surface area contributed by atoms with E-state index in [1.54, 1.807) is 7.05 Å². The van der Waals surface area contributed by atoms with Crippen LogP contribution in [-0.2, 0) is 0 Å². The fraction of sp³-hybridized carbons (Fsp3) is 0.500. The molecule has 2 N–H and O–H groups in total. The van der Waals surface area contributed by atoms with E-state index in [0.29, 0.717) is 18.9 Å². The monoisotopic (exact) mass is 349 g/mol. The van der Waals surface area contributed by atoms with Gasteiger partial charge in [0.2, 0.25) is 0 Å². The molecule has 1 amide bonds. The first-order valence-corrected chi connectivity index (χ1v) is 7.06. The molecule has 0 saturated carbocycles. The lowest BCUT2D eigenvalue weighted by Crippen LogP contribution is -2.34. The Kier molecular flexibility index (Phi) is 8.37. The van der Waals surface area contributed by atoms with E-state index < -0.39 is 10.8 Å². The highest BCUT2D eigenvalue weighted by Crippen LogP contribution is 2.24. The fourth-order valence-corrected chi connectivity index (χ4v) is 1.99. The number of rotatable bonds is 6. The predicted octanol–water partition coefficient (Wildman–Crippen LogP) is 3.12. The molecule has 0 aliphatic heterocycles. The average Bonchev–Trinajstić information content (AvgIpc) is 2.43. The van der Waals surface area contributed by atoms with Crippen LogP contribution in [-0.4, -0.2) is 35.4 Å². The first kappa shape index (κ1) is 20.6. The van der Waals surface area contributed by atoms with Crippen LogP contribution in [0, 0.1) is 16.0 Å². The quantitative estimate of drug-likeness (QED) is 0.630. The Hall–Kier alpha value is -1.37. The second kappa shape index (κ2) is 8.92. The summed E-state index contributed by atoms with van der Waals surface area (Å²) < 4.78 is 0. The van der Waals surface area contributed by atoms with Gasteiger partial charge in [0.25, 0.3) is 11.6 Å². The van der Waals surface area contributed by atoms with Crippen molar-refractivity contribution >= 4 is 35.6 Å². The zero-order valence-electron chi connectivity index (χ0n) is 12.8. The normalized spacial score (nSPS) is 11.7. The lowest BCUT2D eigenvalue weighted by atomic mass is 10.0. The van der Waals surface area contributed by atoms with Crippen molar-refractivity contribution in [3.63, 3.8) is 0 Å². The SMILES string of the molecule is CC(C)C(N)CCN(C)C(=O)c1ccc(Cl)cc1[N+](=O)[O-].Cl. The number of hydrogen-bond acceptors (Lipinski definition) is 4. The van der Waals surface area contributed by atoms with Gasteiger partial charge in [-0.2, -0.15) is 0 Å². The molecule has 0 spiro atoms. The zero-order chi connectivity index (χ0) is 16.2. The van der Waals surface area contributed by atoms with Crippen molar-refractivity contribution in [2.75, 3.05) is 13.6 Å². The summed E-state index contributed by atoms with van der Waals surface area (Å²) in [6.07, 6.45) is 0.640. The highest BCUT2D eigenvalue weighted by atomic mass is 35.5. The van der Waals surface area contributed by atoms with Crippen LogP contribution in [0.4, 0.5) is 5.69 Å². The van der Waals surface area contributed by atoms with Gasteiger partial charge in [0.1, 0.15) is 5.56 Å². The molecule has 124 valence electrons. The van der Waals surface area contributed by atoms with Gasteiger partial charge in [0, 0.05) is 30.7 Å². The molecular weight excluding hydrogens is 329 g/mol. The Balaban J connectivity index is 0.00000441. The molecule has 1 unspecified atom stereocenters. The summed E-state index contributed by atoms with van der Waals surface area (Å²) in [6, 6.07) is 4.01. The summed E-state index contributed by atoms with van der Waals surface area (Å²) in [5.41, 5.74) is 5.69. The maximum Gasteiger partial charge on any atom is 0.283 e. The van der Waals surface area contributed by atoms with Crippen molar-refractivity contribution < 1.29 is 9.72 Å². The molecule has 0 aromatic heterocycles. The smallest absolute Gasteiger partial charge is 0.283 e. The number of hydrogen-bond donors (Lipinski definition) is 1. The van der Waals surface area contributed by atoms with Gasteiger partial charge >= 0.3 is 0 Å². The van der Waals surface area contributed by atoms with Gasteiger partial charge in [0.05, 0.1) is 4.92 Å². The van der Waals surface area contributed by atoms with Gasteiger partial charge in [-0.05, 0) is 24.5 Å². The minimum atomic E-state index is -0.604. The molecule has 0 aliphatic carbocycles. The minimum absolute atomic E-state index is 0. The Labute approximate surface area is 141 Å². The Morgan fingerprint density at radius 1 is 1.45 bits per heavy atom. The van der Waals surface area contributed by atoms with Gasteiger partial charge < -0.3 is 10.6 Å². The number of benzene rings is 1. The van der Waals surface area contributed by atoms with E-state index in [4.69, 9.17) is 17.3 Å². The third-order valence-corrected chi connectivity index (χ3v) is 3.62. The molecule has 0 aliphatic rings. The molecule has 0 saturated heterocycles. The summed E-state index contributed by atoms with van der Waals surface area (Å²) in [7, 11) is 1.60. The van der Waals surface area contributed by atoms with Crippen LogP contribution in [0.1, 0.15) is 30.6 Å². The second-order valence-corrected chi connectivity index (χ2v) is 5.78. The molecule has 1 atom stereocenters. The van der Waals surface area contributed by atoms with Gasteiger partial charge in [-0.15, -0.1) is 12.4 Å². The summed E-state index contributed by atoms with van der Waals surface area (Å²) >= 11 is 5.74. The van der Waals surface area contributed by atoms with Crippen LogP contribution in [0.2, 0.25) is 5.02 Å². The van der Waals surface area contributed by atoms with Gasteiger partial charge in [0.15, 0.2) is 0 Å². The van der Waals surface area contributed by atoms with E-state index in [2.05, 4.69) is 0 Å². The largest absolute Gasteiger partial charge is 0.341 e. The summed E-state index contributed by atoms with van der Waals surface area (Å²) in [6.45, 7) is 4.46. The molecule has 6 nitrogen and oxygen atoms in total. The van der Waals surface area contributed by atoms with E-state index in [0.717, 1.165) is 0 Å². The van der Waals surface area contributed by atoms with Gasteiger partial charge in [-0.25, -0.2) is 0 Å². The van der Waals surface area contributed by atoms with Crippen molar-refractivity contribution in [1.29, 1.82) is 0 Å². The molecule has 0 radical (unpaired) electrons. The average molecular weight is 350 g/mol. The number of nitro groups is 1. The number of carbonyl (C=O) groups excluding carboxylic acids is 1. The minimum Gasteiger partial charge on any atom is -0.341 e. The maximum absolute atomic E-state index is 12.3. The molecule has 0 fully saturated rings. The molecule has 22 heavy (non-hydrogen) atoms. The zero-order valence-corrected chi connectivity index (χ0v) is 14.4. The lowest BCUT2D eigenvalue weighted by Gasteiger charge is -2.21. The van der Waals surface area contributed by atoms with Gasteiger partial charge in [-0.3, -0.25) is 14.9 Å². The molecule has 0 bridgehead atoms. The predicted molar refractivity (Wildman–Crippen MR) is 89.7 cm³/mol. The lowest BCUT2D eigenvalue weighted by molar-refractivity contribution is -0.385. The van der Waals surface area contributed by atoms with Crippen LogP contribution in [0.25, 0.3) is 0 Å². The van der Waals surface area contributed by atoms with Crippen LogP contribution in [0.5, 0.6) is 0 Å². The number of nitrogens with two attached hydrogens (primary N) is 1. The van der Waals surface area contributed by atoms with Crippen LogP contribution in [0.15, 0.2) is 18.2 Å². The second-order valence-electron chi connectivity index (χ2n) is 5.34. The molecular formula is C14H21Cl2N3O3. The molecule has 1 aromatic rings. The Morgan fingerprint density at radius 3 is 2.55 bits per heavy atom. The van der Waals surface area contributed by atoms with Crippen molar-refractivity contribution in [2.45, 2.75) is 26.3 Å². The Morgan fingerprint density at radius 2 is 2.05 bits per heavy atom. The number of amides is 1. The first-order chi connectivity index (χ1) is 9.73. The fourth-order valence-electron chi connectivity index (χ4n) is 1.82. The van der Waals surface area contributed by atoms with Crippen molar-refractivity contribution in [3.05, 3.63) is 38.9 Å². The number of halogens is 2. The maximum atomic E-state index is 12.3. The van der Waals surface area contributed by atoms with Crippen LogP contribution >= 0.6 is 24.0 Å². The highest BCUT2D eigenvalue weighted by molar-refractivity contribution is 6.31. The topological polar surface area (TPSA) is 89.5 Å². The first-order valence-electron chi connectivity index (χ1n) is 6.69. The number of nitrogens with zero attached hydrogens (tertiary/aromatic N) is 2.